The van der Waals surface area contributed by atoms with Gasteiger partial charge < -0.3 is 74.4 Å². The fourth-order valence-electron chi connectivity index (χ4n) is 4.81. The predicted molar refractivity (Wildman–Crippen MR) is 140 cm³/mol. The predicted octanol–water partition coefficient (Wildman–Crippen LogP) is -2.77. The van der Waals surface area contributed by atoms with E-state index in [1.54, 1.807) is 0 Å². The molecule has 0 radical (unpaired) electrons. The SMILES string of the molecule is O=c1cc(-c2ccc(O[C@H]3O[C@@H](CO)[C@H](O)[C@@H](O)[C@@H]3O)cc2)oc2cc(O)c(O[C@@H]3O[C@H](CO)[C@@H](O)[C@H](O)[C@H]3O)c(O)c12. The quantitative estimate of drug-likeness (QED) is 0.130. The summed E-state index contributed by atoms with van der Waals surface area (Å²) in [7, 11) is 0. The van der Waals surface area contributed by atoms with E-state index in [-0.39, 0.29) is 17.1 Å². The minimum absolute atomic E-state index is 0.0123. The van der Waals surface area contributed by atoms with Gasteiger partial charge in [-0.2, -0.15) is 0 Å². The van der Waals surface area contributed by atoms with Gasteiger partial charge in [0.05, 0.1) is 13.2 Å². The summed E-state index contributed by atoms with van der Waals surface area (Å²) in [6.07, 6.45) is -15.7. The maximum absolute atomic E-state index is 13.0. The molecule has 0 amide bonds. The van der Waals surface area contributed by atoms with Crippen LogP contribution in [0.4, 0.5) is 0 Å². The third-order valence-electron chi connectivity index (χ3n) is 7.25. The molecule has 43 heavy (non-hydrogen) atoms. The summed E-state index contributed by atoms with van der Waals surface area (Å²) in [5.74, 6) is -2.12. The molecule has 2 aliphatic rings. The second kappa shape index (κ2) is 12.2. The molecule has 2 fully saturated rings. The van der Waals surface area contributed by atoms with Gasteiger partial charge in [-0.1, -0.05) is 0 Å². The first-order valence-corrected chi connectivity index (χ1v) is 13.0. The van der Waals surface area contributed by atoms with Crippen LogP contribution in [0.15, 0.2) is 45.6 Å². The minimum atomic E-state index is -1.85. The molecule has 16 nitrogen and oxygen atoms in total. The molecule has 3 aromatic rings. The number of rotatable bonds is 7. The lowest BCUT2D eigenvalue weighted by atomic mass is 9.99. The van der Waals surface area contributed by atoms with Crippen LogP contribution in [0.25, 0.3) is 22.3 Å². The first-order chi connectivity index (χ1) is 20.4. The largest absolute Gasteiger partial charge is 0.504 e. The number of hydrogen-bond donors (Lipinski definition) is 10. The molecule has 10 atom stereocenters. The lowest BCUT2D eigenvalue weighted by Gasteiger charge is -2.39. The van der Waals surface area contributed by atoms with Crippen LogP contribution in [0.1, 0.15) is 0 Å². The van der Waals surface area contributed by atoms with Crippen LogP contribution in [0.5, 0.6) is 23.0 Å². The normalized spacial score (nSPS) is 32.9. The highest BCUT2D eigenvalue weighted by molar-refractivity contribution is 5.89. The van der Waals surface area contributed by atoms with Crippen molar-refractivity contribution in [1.29, 1.82) is 0 Å². The summed E-state index contributed by atoms with van der Waals surface area (Å²) in [6.45, 7) is -1.37. The van der Waals surface area contributed by atoms with Crippen LogP contribution in [0, 0.1) is 0 Å². The van der Waals surface area contributed by atoms with Crippen molar-refractivity contribution in [3.05, 3.63) is 46.6 Å². The fraction of sp³-hybridized carbons (Fsp3) is 0.444. The zero-order valence-corrected chi connectivity index (χ0v) is 22.1. The van der Waals surface area contributed by atoms with Gasteiger partial charge >= 0.3 is 0 Å². The summed E-state index contributed by atoms with van der Waals surface area (Å²) in [4.78, 5) is 13.0. The Morgan fingerprint density at radius 2 is 1.23 bits per heavy atom. The van der Waals surface area contributed by atoms with Gasteiger partial charge in [0.2, 0.25) is 18.3 Å². The summed E-state index contributed by atoms with van der Waals surface area (Å²) < 4.78 is 27.2. The highest BCUT2D eigenvalue weighted by Crippen LogP contribution is 2.43. The first kappa shape index (κ1) is 30.9. The Morgan fingerprint density at radius 3 is 1.77 bits per heavy atom. The molecule has 1 aromatic heterocycles. The molecule has 234 valence electrons. The van der Waals surface area contributed by atoms with Crippen LogP contribution in [-0.2, 0) is 9.47 Å². The molecule has 0 spiro atoms. The average Bonchev–Trinajstić information content (AvgIpc) is 2.99. The standard InChI is InChI=1S/C27H30O16/c28-7-15-18(32)21(35)23(37)26(41-15)39-10-3-1-9(2-4-10)13-5-11(30)17-14(40-13)6-12(31)25(20(17)34)43-27-24(38)22(36)19(33)16(8-29)42-27/h1-6,15-16,18-19,21-24,26-29,31-38H,7-8H2/t15-,16+,18-,19+,21+,22-,23-,24+,26-,27-/m0/s1. The van der Waals surface area contributed by atoms with Crippen molar-refractivity contribution in [2.24, 2.45) is 0 Å². The molecular weight excluding hydrogens is 580 g/mol. The fourth-order valence-corrected chi connectivity index (χ4v) is 4.81. The zero-order chi connectivity index (χ0) is 31.2. The third kappa shape index (κ3) is 5.73. The summed E-state index contributed by atoms with van der Waals surface area (Å²) >= 11 is 0. The van der Waals surface area contributed by atoms with Gasteiger partial charge in [-0.25, -0.2) is 0 Å². The Hall–Kier alpha value is -3.55. The van der Waals surface area contributed by atoms with Gasteiger partial charge in [0.25, 0.3) is 0 Å². The summed E-state index contributed by atoms with van der Waals surface area (Å²) in [5, 5.41) is 99.8. The molecule has 0 bridgehead atoms. The van der Waals surface area contributed by atoms with Gasteiger partial charge in [-0.05, 0) is 24.3 Å². The average molecular weight is 611 g/mol. The van der Waals surface area contributed by atoms with Crippen LogP contribution < -0.4 is 14.9 Å². The lowest BCUT2D eigenvalue weighted by molar-refractivity contribution is -0.277. The van der Waals surface area contributed by atoms with Gasteiger partial charge in [0.1, 0.15) is 71.3 Å². The minimum Gasteiger partial charge on any atom is -0.504 e. The molecule has 0 saturated carbocycles. The number of aromatic hydroxyl groups is 2. The number of ether oxygens (including phenoxy) is 4. The van der Waals surface area contributed by atoms with E-state index in [1.807, 2.05) is 0 Å². The van der Waals surface area contributed by atoms with E-state index in [9.17, 15) is 55.9 Å². The molecule has 5 rings (SSSR count). The zero-order valence-electron chi connectivity index (χ0n) is 22.1. The van der Waals surface area contributed by atoms with Crippen molar-refractivity contribution in [2.45, 2.75) is 61.4 Å². The van der Waals surface area contributed by atoms with Crippen molar-refractivity contribution < 1.29 is 74.4 Å². The number of aliphatic hydroxyl groups is 8. The Labute approximate surface area is 241 Å². The van der Waals surface area contributed by atoms with E-state index in [0.717, 1.165) is 12.1 Å². The van der Waals surface area contributed by atoms with E-state index < -0.39 is 103 Å². The number of phenols is 2. The molecule has 0 aliphatic carbocycles. The molecule has 3 heterocycles. The third-order valence-corrected chi connectivity index (χ3v) is 7.25. The van der Waals surface area contributed by atoms with E-state index in [4.69, 9.17) is 23.4 Å². The monoisotopic (exact) mass is 610 g/mol. The van der Waals surface area contributed by atoms with Crippen molar-refractivity contribution in [2.75, 3.05) is 13.2 Å². The van der Waals surface area contributed by atoms with Crippen molar-refractivity contribution in [1.82, 2.24) is 0 Å². The highest BCUT2D eigenvalue weighted by Gasteiger charge is 2.46. The van der Waals surface area contributed by atoms with Crippen molar-refractivity contribution >= 4 is 11.0 Å². The van der Waals surface area contributed by atoms with E-state index in [1.165, 1.54) is 24.3 Å². The van der Waals surface area contributed by atoms with E-state index in [2.05, 4.69) is 0 Å². The maximum atomic E-state index is 13.0. The summed E-state index contributed by atoms with van der Waals surface area (Å²) in [5.41, 5.74) is -0.657. The Bertz CT molecular complexity index is 1490. The number of fused-ring (bicyclic) bond motifs is 1. The van der Waals surface area contributed by atoms with Gasteiger partial charge in [-0.15, -0.1) is 0 Å². The van der Waals surface area contributed by atoms with E-state index >= 15 is 0 Å². The molecule has 2 aliphatic heterocycles. The number of phenolic OH excluding ortho intramolecular Hbond substituents is 2. The Morgan fingerprint density at radius 1 is 0.698 bits per heavy atom. The number of aliphatic hydroxyl groups excluding tert-OH is 8. The van der Waals surface area contributed by atoms with Gasteiger partial charge in [-0.3, -0.25) is 4.79 Å². The molecule has 10 N–H and O–H groups in total. The van der Waals surface area contributed by atoms with Gasteiger partial charge in [0, 0.05) is 17.7 Å². The van der Waals surface area contributed by atoms with Gasteiger partial charge in [0.15, 0.2) is 16.9 Å². The molecule has 2 aromatic carbocycles. The second-order valence-electron chi connectivity index (χ2n) is 10.1. The van der Waals surface area contributed by atoms with Crippen LogP contribution in [0.2, 0.25) is 0 Å². The van der Waals surface area contributed by atoms with Crippen LogP contribution >= 0.6 is 0 Å². The van der Waals surface area contributed by atoms with E-state index in [0.29, 0.717) is 5.56 Å². The number of benzene rings is 2. The molecule has 2 saturated heterocycles. The van der Waals surface area contributed by atoms with Crippen LogP contribution in [-0.4, -0.2) is 126 Å². The second-order valence-corrected chi connectivity index (χ2v) is 10.1. The maximum Gasteiger partial charge on any atom is 0.229 e. The Kier molecular flexibility index (Phi) is 8.77. The number of hydrogen-bond acceptors (Lipinski definition) is 16. The smallest absolute Gasteiger partial charge is 0.229 e. The van der Waals surface area contributed by atoms with Crippen LogP contribution in [0.3, 0.4) is 0 Å². The molecule has 0 unspecified atom stereocenters. The molecular formula is C27H30O16. The lowest BCUT2D eigenvalue weighted by Crippen LogP contribution is -2.60. The van der Waals surface area contributed by atoms with Crippen molar-refractivity contribution in [3.63, 3.8) is 0 Å². The summed E-state index contributed by atoms with van der Waals surface area (Å²) in [6, 6.07) is 7.81. The first-order valence-electron chi connectivity index (χ1n) is 13.0. The highest BCUT2D eigenvalue weighted by atomic mass is 16.7. The molecule has 16 heteroatoms. The van der Waals surface area contributed by atoms with Crippen molar-refractivity contribution in [3.8, 4) is 34.3 Å². The topological polar surface area (TPSA) is 269 Å². The Balaban J connectivity index is 1.38.